The van der Waals surface area contributed by atoms with Crippen molar-refractivity contribution in [2.45, 2.75) is 0 Å². The number of hydrogen-bond acceptors (Lipinski definition) is 2. The first-order valence-electron chi connectivity index (χ1n) is 7.79. The molecule has 0 aliphatic rings. The normalized spacial score (nSPS) is 11.1. The van der Waals surface area contributed by atoms with Crippen molar-refractivity contribution in [2.24, 2.45) is 0 Å². The highest BCUT2D eigenvalue weighted by Gasteiger charge is 2.12. The Morgan fingerprint density at radius 2 is 1.29 bits per heavy atom. The van der Waals surface area contributed by atoms with Gasteiger partial charge in [0.05, 0.1) is 12.7 Å². The standard InChI is InChI=1S/C22H18O2/c1-24-22(23)21(20-10-6-3-7-11-20)16-17-12-14-19(15-13-17)18-8-4-2-5-9-18/h2-16H,1H3/b21-16-. The summed E-state index contributed by atoms with van der Waals surface area (Å²) in [5, 5.41) is 0. The molecular formula is C22H18O2. The molecule has 0 N–H and O–H groups in total. The molecule has 3 aromatic rings. The molecule has 118 valence electrons. The summed E-state index contributed by atoms with van der Waals surface area (Å²) < 4.78 is 4.92. The van der Waals surface area contributed by atoms with Crippen molar-refractivity contribution in [3.8, 4) is 11.1 Å². The molecule has 0 amide bonds. The van der Waals surface area contributed by atoms with E-state index in [4.69, 9.17) is 4.74 Å². The maximum absolute atomic E-state index is 12.1. The van der Waals surface area contributed by atoms with Crippen LogP contribution in [0, 0.1) is 0 Å². The quantitative estimate of drug-likeness (QED) is 0.382. The Morgan fingerprint density at radius 3 is 1.88 bits per heavy atom. The van der Waals surface area contributed by atoms with Crippen LogP contribution in [0.3, 0.4) is 0 Å². The van der Waals surface area contributed by atoms with Gasteiger partial charge in [-0.3, -0.25) is 0 Å². The molecule has 0 spiro atoms. The maximum Gasteiger partial charge on any atom is 0.338 e. The molecule has 2 nitrogen and oxygen atoms in total. The van der Waals surface area contributed by atoms with Gasteiger partial charge in [-0.15, -0.1) is 0 Å². The average molecular weight is 314 g/mol. The molecule has 0 aliphatic heterocycles. The second kappa shape index (κ2) is 7.42. The number of hydrogen-bond donors (Lipinski definition) is 0. The van der Waals surface area contributed by atoms with Crippen LogP contribution in [-0.2, 0) is 9.53 Å². The van der Waals surface area contributed by atoms with Crippen LogP contribution in [0.2, 0.25) is 0 Å². The Kier molecular flexibility index (Phi) is 4.87. The van der Waals surface area contributed by atoms with Gasteiger partial charge in [0.2, 0.25) is 0 Å². The van der Waals surface area contributed by atoms with Gasteiger partial charge < -0.3 is 4.74 Å². The van der Waals surface area contributed by atoms with Crippen LogP contribution in [0.15, 0.2) is 84.9 Å². The molecular weight excluding hydrogens is 296 g/mol. The van der Waals surface area contributed by atoms with Crippen molar-refractivity contribution in [3.63, 3.8) is 0 Å². The van der Waals surface area contributed by atoms with E-state index in [2.05, 4.69) is 24.3 Å². The molecule has 3 rings (SSSR count). The molecule has 3 aromatic carbocycles. The summed E-state index contributed by atoms with van der Waals surface area (Å²) in [7, 11) is 1.40. The first-order chi connectivity index (χ1) is 11.8. The molecule has 0 bridgehead atoms. The second-order valence-electron chi connectivity index (χ2n) is 5.40. The zero-order chi connectivity index (χ0) is 16.8. The number of carbonyl (C=O) groups is 1. The van der Waals surface area contributed by atoms with E-state index in [0.29, 0.717) is 5.57 Å². The lowest BCUT2D eigenvalue weighted by atomic mass is 10.0. The Labute approximate surface area is 142 Å². The molecule has 24 heavy (non-hydrogen) atoms. The topological polar surface area (TPSA) is 26.3 Å². The molecule has 0 aliphatic carbocycles. The highest BCUT2D eigenvalue weighted by molar-refractivity contribution is 6.21. The predicted molar refractivity (Wildman–Crippen MR) is 98.2 cm³/mol. The molecule has 0 atom stereocenters. The largest absolute Gasteiger partial charge is 0.465 e. The predicted octanol–water partition coefficient (Wildman–Crippen LogP) is 5.07. The van der Waals surface area contributed by atoms with Crippen LogP contribution in [0.25, 0.3) is 22.8 Å². The molecule has 0 radical (unpaired) electrons. The highest BCUT2D eigenvalue weighted by atomic mass is 16.5. The lowest BCUT2D eigenvalue weighted by Gasteiger charge is -2.07. The first kappa shape index (κ1) is 15.8. The SMILES string of the molecule is COC(=O)/C(=C\c1ccc(-c2ccccc2)cc1)c1ccccc1. The number of ether oxygens (including phenoxy) is 1. The molecule has 0 saturated carbocycles. The third kappa shape index (κ3) is 3.61. The molecule has 0 heterocycles. The van der Waals surface area contributed by atoms with Crippen molar-refractivity contribution < 1.29 is 9.53 Å². The van der Waals surface area contributed by atoms with Gasteiger partial charge in [-0.25, -0.2) is 4.79 Å². The Bertz CT molecular complexity index is 832. The van der Waals surface area contributed by atoms with Crippen molar-refractivity contribution in [2.75, 3.05) is 7.11 Å². The van der Waals surface area contributed by atoms with E-state index in [1.807, 2.05) is 66.7 Å². The van der Waals surface area contributed by atoms with Gasteiger partial charge in [0, 0.05) is 0 Å². The molecule has 0 saturated heterocycles. The van der Waals surface area contributed by atoms with Crippen LogP contribution >= 0.6 is 0 Å². The van der Waals surface area contributed by atoms with Gasteiger partial charge in [0.15, 0.2) is 0 Å². The minimum atomic E-state index is -0.340. The first-order valence-corrected chi connectivity index (χ1v) is 7.79. The zero-order valence-corrected chi connectivity index (χ0v) is 13.5. The summed E-state index contributed by atoms with van der Waals surface area (Å²) in [6.07, 6.45) is 1.86. The summed E-state index contributed by atoms with van der Waals surface area (Å²) in [4.78, 5) is 12.1. The Morgan fingerprint density at radius 1 is 0.750 bits per heavy atom. The van der Waals surface area contributed by atoms with Crippen molar-refractivity contribution in [1.29, 1.82) is 0 Å². The number of esters is 1. The fraction of sp³-hybridized carbons (Fsp3) is 0.0455. The molecule has 0 aromatic heterocycles. The minimum Gasteiger partial charge on any atom is -0.465 e. The maximum atomic E-state index is 12.1. The Hall–Kier alpha value is -3.13. The lowest BCUT2D eigenvalue weighted by Crippen LogP contribution is -2.03. The summed E-state index contributed by atoms with van der Waals surface area (Å²) in [5.41, 5.74) is 4.66. The second-order valence-corrected chi connectivity index (χ2v) is 5.40. The smallest absolute Gasteiger partial charge is 0.338 e. The van der Waals surface area contributed by atoms with Crippen molar-refractivity contribution in [3.05, 3.63) is 96.1 Å². The number of benzene rings is 3. The van der Waals surface area contributed by atoms with Crippen LogP contribution in [-0.4, -0.2) is 13.1 Å². The average Bonchev–Trinajstić information content (AvgIpc) is 2.67. The number of carbonyl (C=O) groups excluding carboxylic acids is 1. The van der Waals surface area contributed by atoms with E-state index >= 15 is 0 Å². The third-order valence-corrected chi connectivity index (χ3v) is 3.82. The van der Waals surface area contributed by atoms with Crippen LogP contribution in [0.5, 0.6) is 0 Å². The van der Waals surface area contributed by atoms with Gasteiger partial charge in [-0.05, 0) is 28.3 Å². The van der Waals surface area contributed by atoms with Crippen LogP contribution in [0.4, 0.5) is 0 Å². The van der Waals surface area contributed by atoms with Crippen LogP contribution < -0.4 is 0 Å². The molecule has 0 unspecified atom stereocenters. The van der Waals surface area contributed by atoms with E-state index in [1.165, 1.54) is 12.7 Å². The number of methoxy groups -OCH3 is 1. The van der Waals surface area contributed by atoms with Gasteiger partial charge >= 0.3 is 5.97 Å². The minimum absolute atomic E-state index is 0.340. The molecule has 0 fully saturated rings. The molecule has 2 heteroatoms. The third-order valence-electron chi connectivity index (χ3n) is 3.82. The summed E-state index contributed by atoms with van der Waals surface area (Å²) in [6, 6.07) is 27.9. The van der Waals surface area contributed by atoms with E-state index in [0.717, 1.165) is 16.7 Å². The van der Waals surface area contributed by atoms with Gasteiger partial charge in [0.25, 0.3) is 0 Å². The monoisotopic (exact) mass is 314 g/mol. The Balaban J connectivity index is 1.94. The van der Waals surface area contributed by atoms with Crippen molar-refractivity contribution in [1.82, 2.24) is 0 Å². The summed E-state index contributed by atoms with van der Waals surface area (Å²) in [5.74, 6) is -0.340. The van der Waals surface area contributed by atoms with Gasteiger partial charge in [-0.2, -0.15) is 0 Å². The zero-order valence-electron chi connectivity index (χ0n) is 13.5. The van der Waals surface area contributed by atoms with Gasteiger partial charge in [-0.1, -0.05) is 84.9 Å². The van der Waals surface area contributed by atoms with Crippen molar-refractivity contribution >= 4 is 17.6 Å². The van der Waals surface area contributed by atoms with E-state index in [-0.39, 0.29) is 5.97 Å². The fourth-order valence-electron chi connectivity index (χ4n) is 2.56. The van der Waals surface area contributed by atoms with Gasteiger partial charge in [0.1, 0.15) is 0 Å². The fourth-order valence-corrected chi connectivity index (χ4v) is 2.56. The lowest BCUT2D eigenvalue weighted by molar-refractivity contribution is -0.133. The van der Waals surface area contributed by atoms with E-state index in [9.17, 15) is 4.79 Å². The number of rotatable bonds is 4. The van der Waals surface area contributed by atoms with E-state index in [1.54, 1.807) is 0 Å². The highest BCUT2D eigenvalue weighted by Crippen LogP contribution is 2.23. The summed E-state index contributed by atoms with van der Waals surface area (Å²) >= 11 is 0. The summed E-state index contributed by atoms with van der Waals surface area (Å²) in [6.45, 7) is 0. The van der Waals surface area contributed by atoms with Crippen LogP contribution in [0.1, 0.15) is 11.1 Å². The van der Waals surface area contributed by atoms with E-state index < -0.39 is 0 Å².